The lowest BCUT2D eigenvalue weighted by Gasteiger charge is -2.21. The number of benzene rings is 1. The van der Waals surface area contributed by atoms with E-state index in [1.807, 2.05) is 6.92 Å². The van der Waals surface area contributed by atoms with E-state index >= 15 is 0 Å². The van der Waals surface area contributed by atoms with Crippen LogP contribution in [-0.2, 0) is 14.8 Å². The van der Waals surface area contributed by atoms with Gasteiger partial charge in [0, 0.05) is 0 Å². The third kappa shape index (κ3) is 4.18. The quantitative estimate of drug-likeness (QED) is 0.800. The molecule has 118 valence electrons. The zero-order chi connectivity index (χ0) is 16.2. The minimum atomic E-state index is -3.98. The molecular weight excluding hydrogens is 294 g/mol. The van der Waals surface area contributed by atoms with Gasteiger partial charge >= 0.3 is 5.97 Å². The Bertz CT molecular complexity index is 612. The van der Waals surface area contributed by atoms with Crippen LogP contribution in [0, 0.1) is 12.8 Å². The molecule has 0 aliphatic rings. The number of carboxylic acid groups (broad SMARTS) is 1. The normalized spacial score (nSPS) is 14.5. The summed E-state index contributed by atoms with van der Waals surface area (Å²) in [6.07, 6.45) is 0.546. The second kappa shape index (κ2) is 6.91. The van der Waals surface area contributed by atoms with Crippen molar-refractivity contribution in [1.82, 2.24) is 4.72 Å². The third-order valence-corrected chi connectivity index (χ3v) is 4.83. The molecule has 7 heteroatoms. The van der Waals surface area contributed by atoms with Gasteiger partial charge in [0.2, 0.25) is 10.0 Å². The largest absolute Gasteiger partial charge is 0.495 e. The Kier molecular flexibility index (Phi) is 5.74. The number of ether oxygens (including phenoxy) is 1. The highest BCUT2D eigenvalue weighted by Crippen LogP contribution is 2.25. The van der Waals surface area contributed by atoms with Gasteiger partial charge in [0.05, 0.1) is 7.11 Å². The summed E-state index contributed by atoms with van der Waals surface area (Å²) < 4.78 is 32.2. The van der Waals surface area contributed by atoms with E-state index in [0.29, 0.717) is 6.42 Å². The number of carboxylic acids is 1. The smallest absolute Gasteiger partial charge is 0.322 e. The fourth-order valence-corrected chi connectivity index (χ4v) is 3.42. The Morgan fingerprint density at radius 1 is 1.43 bits per heavy atom. The maximum absolute atomic E-state index is 12.4. The Labute approximate surface area is 125 Å². The molecule has 0 aliphatic carbocycles. The zero-order valence-electron chi connectivity index (χ0n) is 12.6. The molecular formula is C14H21NO5S. The van der Waals surface area contributed by atoms with Crippen molar-refractivity contribution in [3.8, 4) is 5.75 Å². The van der Waals surface area contributed by atoms with Crippen LogP contribution in [0.2, 0.25) is 0 Å². The molecule has 0 amide bonds. The summed E-state index contributed by atoms with van der Waals surface area (Å²) in [5, 5.41) is 9.21. The third-order valence-electron chi connectivity index (χ3n) is 3.37. The molecule has 6 nitrogen and oxygen atoms in total. The molecule has 21 heavy (non-hydrogen) atoms. The van der Waals surface area contributed by atoms with Gasteiger partial charge in [0.15, 0.2) is 0 Å². The molecule has 0 aliphatic heterocycles. The summed E-state index contributed by atoms with van der Waals surface area (Å²) in [4.78, 5) is 11.2. The average molecular weight is 315 g/mol. The molecule has 0 saturated carbocycles. The number of hydrogen-bond donors (Lipinski definition) is 2. The molecule has 0 heterocycles. The van der Waals surface area contributed by atoms with Gasteiger partial charge in [0.1, 0.15) is 16.7 Å². The number of aryl methyl sites for hydroxylation is 1. The van der Waals surface area contributed by atoms with E-state index in [4.69, 9.17) is 4.74 Å². The molecule has 1 aromatic carbocycles. The molecule has 1 rings (SSSR count). The van der Waals surface area contributed by atoms with Gasteiger partial charge in [0.25, 0.3) is 0 Å². The highest BCUT2D eigenvalue weighted by atomic mass is 32.2. The van der Waals surface area contributed by atoms with Crippen LogP contribution in [0.15, 0.2) is 23.1 Å². The average Bonchev–Trinajstić information content (AvgIpc) is 2.43. The Balaban J connectivity index is 3.22. The van der Waals surface area contributed by atoms with E-state index in [9.17, 15) is 18.3 Å². The number of rotatable bonds is 7. The Hall–Kier alpha value is -1.60. The van der Waals surface area contributed by atoms with Crippen molar-refractivity contribution < 1.29 is 23.1 Å². The van der Waals surface area contributed by atoms with Crippen LogP contribution in [0.4, 0.5) is 0 Å². The van der Waals surface area contributed by atoms with Gasteiger partial charge in [-0.15, -0.1) is 0 Å². The van der Waals surface area contributed by atoms with Gasteiger partial charge in [-0.05, 0) is 30.5 Å². The van der Waals surface area contributed by atoms with Crippen LogP contribution in [0.25, 0.3) is 0 Å². The predicted octanol–water partition coefficient (Wildman–Crippen LogP) is 1.78. The lowest BCUT2D eigenvalue weighted by Crippen LogP contribution is -2.44. The fraction of sp³-hybridized carbons (Fsp3) is 0.500. The number of methoxy groups -OCH3 is 1. The first kappa shape index (κ1) is 17.5. The van der Waals surface area contributed by atoms with Crippen molar-refractivity contribution in [2.75, 3.05) is 7.11 Å². The van der Waals surface area contributed by atoms with Gasteiger partial charge < -0.3 is 9.84 Å². The van der Waals surface area contributed by atoms with Crippen molar-refractivity contribution in [3.05, 3.63) is 23.8 Å². The summed E-state index contributed by atoms with van der Waals surface area (Å²) in [5.41, 5.74) is 0.742. The van der Waals surface area contributed by atoms with E-state index in [1.54, 1.807) is 26.0 Å². The lowest BCUT2D eigenvalue weighted by atomic mass is 10.0. The first-order valence-corrected chi connectivity index (χ1v) is 8.11. The fourth-order valence-electron chi connectivity index (χ4n) is 1.87. The molecule has 2 atom stereocenters. The van der Waals surface area contributed by atoms with Gasteiger partial charge in [-0.2, -0.15) is 4.72 Å². The molecule has 0 saturated heterocycles. The van der Waals surface area contributed by atoms with Crippen LogP contribution in [0.1, 0.15) is 25.8 Å². The lowest BCUT2D eigenvalue weighted by molar-refractivity contribution is -0.140. The van der Waals surface area contributed by atoms with Crippen molar-refractivity contribution in [1.29, 1.82) is 0 Å². The predicted molar refractivity (Wildman–Crippen MR) is 78.9 cm³/mol. The molecule has 1 aromatic rings. The van der Waals surface area contributed by atoms with Crippen molar-refractivity contribution in [3.63, 3.8) is 0 Å². The van der Waals surface area contributed by atoms with E-state index in [-0.39, 0.29) is 16.6 Å². The number of aliphatic carboxylic acids is 1. The molecule has 0 spiro atoms. The summed E-state index contributed by atoms with van der Waals surface area (Å²) in [6.45, 7) is 5.25. The topological polar surface area (TPSA) is 92.7 Å². The second-order valence-corrected chi connectivity index (χ2v) is 6.66. The van der Waals surface area contributed by atoms with Crippen LogP contribution >= 0.6 is 0 Å². The highest BCUT2D eigenvalue weighted by Gasteiger charge is 2.30. The van der Waals surface area contributed by atoms with Gasteiger partial charge in [-0.1, -0.05) is 26.3 Å². The number of nitrogens with one attached hydrogen (secondary N) is 1. The maximum atomic E-state index is 12.4. The molecule has 0 aromatic heterocycles. The Morgan fingerprint density at radius 2 is 2.05 bits per heavy atom. The number of sulfonamides is 1. The van der Waals surface area contributed by atoms with Crippen LogP contribution in [0.5, 0.6) is 5.75 Å². The maximum Gasteiger partial charge on any atom is 0.322 e. The summed E-state index contributed by atoms with van der Waals surface area (Å²) in [7, 11) is -2.61. The van der Waals surface area contributed by atoms with Crippen LogP contribution < -0.4 is 9.46 Å². The van der Waals surface area contributed by atoms with E-state index in [0.717, 1.165) is 5.56 Å². The van der Waals surface area contributed by atoms with Gasteiger partial charge in [-0.3, -0.25) is 4.79 Å². The second-order valence-electron chi connectivity index (χ2n) is 4.98. The minimum Gasteiger partial charge on any atom is -0.495 e. The molecule has 0 fully saturated rings. The monoisotopic (exact) mass is 315 g/mol. The van der Waals surface area contributed by atoms with Gasteiger partial charge in [-0.25, -0.2) is 8.42 Å². The highest BCUT2D eigenvalue weighted by molar-refractivity contribution is 7.89. The van der Waals surface area contributed by atoms with Crippen molar-refractivity contribution in [2.24, 2.45) is 5.92 Å². The summed E-state index contributed by atoms with van der Waals surface area (Å²) in [6, 6.07) is 3.55. The molecule has 2 N–H and O–H groups in total. The summed E-state index contributed by atoms with van der Waals surface area (Å²) in [5.74, 6) is -1.34. The van der Waals surface area contributed by atoms with E-state index in [2.05, 4.69) is 4.72 Å². The molecule has 0 unspecified atom stereocenters. The zero-order valence-corrected chi connectivity index (χ0v) is 13.4. The first-order valence-electron chi connectivity index (χ1n) is 6.62. The van der Waals surface area contributed by atoms with Crippen LogP contribution in [-0.4, -0.2) is 32.6 Å². The van der Waals surface area contributed by atoms with E-state index in [1.165, 1.54) is 13.2 Å². The molecule has 0 radical (unpaired) electrons. The standard InChI is InChI=1S/C14H21NO5S/c1-5-10(3)13(14(16)17)15-21(18,19)12-8-9(2)6-7-11(12)20-4/h6-8,10,13,15H,5H2,1-4H3,(H,16,17)/t10-,13-/m0/s1. The molecule has 0 bridgehead atoms. The van der Waals surface area contributed by atoms with Crippen molar-refractivity contribution in [2.45, 2.75) is 38.1 Å². The van der Waals surface area contributed by atoms with E-state index < -0.39 is 22.0 Å². The number of hydrogen-bond acceptors (Lipinski definition) is 4. The SMILES string of the molecule is CC[C@H](C)[C@H](NS(=O)(=O)c1cc(C)ccc1OC)C(=O)O. The number of carbonyl (C=O) groups is 1. The Morgan fingerprint density at radius 3 is 2.52 bits per heavy atom. The summed E-state index contributed by atoms with van der Waals surface area (Å²) >= 11 is 0. The minimum absolute atomic E-state index is 0.0560. The van der Waals surface area contributed by atoms with Crippen molar-refractivity contribution >= 4 is 16.0 Å². The van der Waals surface area contributed by atoms with Crippen LogP contribution in [0.3, 0.4) is 0 Å². The first-order chi connectivity index (χ1) is 9.72.